The van der Waals surface area contributed by atoms with Crippen LogP contribution in [0.1, 0.15) is 58.3 Å². The highest BCUT2D eigenvalue weighted by Crippen LogP contribution is 2.52. The Morgan fingerprint density at radius 2 is 2.40 bits per heavy atom. The molecule has 0 heterocycles. The first-order chi connectivity index (χ1) is 7.27. The summed E-state index contributed by atoms with van der Waals surface area (Å²) >= 11 is 0. The number of hydrogen-bond donors (Lipinski definition) is 0. The summed E-state index contributed by atoms with van der Waals surface area (Å²) in [5.41, 5.74) is 2.18. The van der Waals surface area contributed by atoms with Gasteiger partial charge in [-0.15, -0.1) is 0 Å². The van der Waals surface area contributed by atoms with E-state index in [4.69, 9.17) is 0 Å². The van der Waals surface area contributed by atoms with Gasteiger partial charge in [-0.25, -0.2) is 0 Å². The minimum atomic E-state index is 0.644. The van der Waals surface area contributed by atoms with Crippen LogP contribution in [0.2, 0.25) is 0 Å². The van der Waals surface area contributed by atoms with Crippen molar-refractivity contribution in [3.05, 3.63) is 11.6 Å². The molecule has 0 radical (unpaired) electrons. The summed E-state index contributed by atoms with van der Waals surface area (Å²) in [5.74, 6) is 0.918. The Morgan fingerprint density at radius 3 is 2.93 bits per heavy atom. The van der Waals surface area contributed by atoms with Gasteiger partial charge in [-0.2, -0.15) is 0 Å². The average Bonchev–Trinajstić information content (AvgIpc) is 2.60. The van der Waals surface area contributed by atoms with Crippen LogP contribution in [0.5, 0.6) is 0 Å². The second-order valence-corrected chi connectivity index (χ2v) is 5.43. The first-order valence-corrected chi connectivity index (χ1v) is 6.38. The van der Waals surface area contributed by atoms with E-state index in [9.17, 15) is 4.79 Å². The molecule has 0 amide bonds. The maximum atomic E-state index is 10.3. The van der Waals surface area contributed by atoms with Gasteiger partial charge in [-0.3, -0.25) is 0 Å². The van der Waals surface area contributed by atoms with Gasteiger partial charge in [0, 0.05) is 6.42 Å². The topological polar surface area (TPSA) is 17.1 Å². The van der Waals surface area contributed by atoms with Crippen molar-refractivity contribution < 1.29 is 4.79 Å². The van der Waals surface area contributed by atoms with E-state index in [0.717, 1.165) is 18.6 Å². The van der Waals surface area contributed by atoms with E-state index in [1.54, 1.807) is 0 Å². The summed E-state index contributed by atoms with van der Waals surface area (Å²) in [4.78, 5) is 10.3. The van der Waals surface area contributed by atoms with Gasteiger partial charge in [0.15, 0.2) is 0 Å². The van der Waals surface area contributed by atoms with Crippen molar-refractivity contribution in [1.29, 1.82) is 0 Å². The van der Waals surface area contributed by atoms with Crippen LogP contribution in [0.15, 0.2) is 11.6 Å². The molecule has 0 bridgehead atoms. The number of carbonyl (C=O) groups is 1. The Hall–Kier alpha value is -0.590. The lowest BCUT2D eigenvalue weighted by Crippen LogP contribution is -2.25. The van der Waals surface area contributed by atoms with Crippen molar-refractivity contribution in [3.63, 3.8) is 0 Å². The van der Waals surface area contributed by atoms with E-state index in [1.807, 2.05) is 0 Å². The molecule has 0 saturated heterocycles. The van der Waals surface area contributed by atoms with Crippen LogP contribution in [-0.2, 0) is 4.79 Å². The van der Waals surface area contributed by atoms with Gasteiger partial charge in [0.05, 0.1) is 0 Å². The number of aldehydes is 1. The Kier molecular flexibility index (Phi) is 3.28. The quantitative estimate of drug-likeness (QED) is 0.506. The van der Waals surface area contributed by atoms with Gasteiger partial charge < -0.3 is 4.79 Å². The highest BCUT2D eigenvalue weighted by atomic mass is 16.1. The first-order valence-electron chi connectivity index (χ1n) is 6.38. The van der Waals surface area contributed by atoms with Gasteiger partial charge >= 0.3 is 0 Å². The molecule has 1 saturated carbocycles. The molecule has 84 valence electrons. The normalized spacial score (nSPS) is 35.5. The van der Waals surface area contributed by atoms with Gasteiger partial charge in [0.25, 0.3) is 0 Å². The van der Waals surface area contributed by atoms with Crippen LogP contribution in [0.3, 0.4) is 0 Å². The third kappa shape index (κ3) is 2.16. The predicted molar refractivity (Wildman–Crippen MR) is 62.7 cm³/mol. The third-order valence-corrected chi connectivity index (χ3v) is 4.68. The molecule has 2 aliphatic carbocycles. The van der Waals surface area contributed by atoms with Gasteiger partial charge in [0.2, 0.25) is 0 Å². The summed E-state index contributed by atoms with van der Waals surface area (Å²) in [7, 11) is 0. The average molecular weight is 206 g/mol. The molecule has 0 aromatic carbocycles. The lowest BCUT2D eigenvalue weighted by atomic mass is 9.68. The molecule has 0 aliphatic heterocycles. The lowest BCUT2D eigenvalue weighted by Gasteiger charge is -2.36. The first kappa shape index (κ1) is 10.9. The van der Waals surface area contributed by atoms with Crippen LogP contribution in [0.4, 0.5) is 0 Å². The van der Waals surface area contributed by atoms with Crippen LogP contribution < -0.4 is 0 Å². The maximum Gasteiger partial charge on any atom is 0.120 e. The van der Waals surface area contributed by atoms with Crippen molar-refractivity contribution in [1.82, 2.24) is 0 Å². The van der Waals surface area contributed by atoms with E-state index >= 15 is 0 Å². The SMILES string of the molecule is CC1CCCC12CC=C(CCC=O)CC2. The zero-order chi connectivity index (χ0) is 10.7. The van der Waals surface area contributed by atoms with Crippen LogP contribution in [0, 0.1) is 11.3 Å². The van der Waals surface area contributed by atoms with Crippen molar-refractivity contribution in [3.8, 4) is 0 Å². The maximum absolute atomic E-state index is 10.3. The molecule has 15 heavy (non-hydrogen) atoms. The summed E-state index contributed by atoms with van der Waals surface area (Å²) in [6, 6.07) is 0. The lowest BCUT2D eigenvalue weighted by molar-refractivity contribution is -0.107. The van der Waals surface area contributed by atoms with Crippen molar-refractivity contribution in [2.24, 2.45) is 11.3 Å². The smallest absolute Gasteiger partial charge is 0.120 e. The third-order valence-electron chi connectivity index (χ3n) is 4.68. The zero-order valence-corrected chi connectivity index (χ0v) is 9.80. The van der Waals surface area contributed by atoms with Crippen LogP contribution >= 0.6 is 0 Å². The standard InChI is InChI=1S/C14H22O/c1-12-4-2-8-14(12)9-6-13(7-10-14)5-3-11-15/h6,11-12H,2-5,7-10H2,1H3. The molecule has 1 fully saturated rings. The van der Waals surface area contributed by atoms with Crippen LogP contribution in [-0.4, -0.2) is 6.29 Å². The fourth-order valence-corrected chi connectivity index (χ4v) is 3.42. The Morgan fingerprint density at radius 1 is 1.53 bits per heavy atom. The minimum Gasteiger partial charge on any atom is -0.303 e. The van der Waals surface area contributed by atoms with Gasteiger partial charge in [-0.1, -0.05) is 31.4 Å². The van der Waals surface area contributed by atoms with E-state index in [-0.39, 0.29) is 0 Å². The Balaban J connectivity index is 1.95. The highest BCUT2D eigenvalue weighted by molar-refractivity contribution is 5.49. The van der Waals surface area contributed by atoms with Crippen molar-refractivity contribution in [2.75, 3.05) is 0 Å². The van der Waals surface area contributed by atoms with E-state index in [1.165, 1.54) is 44.1 Å². The Labute approximate surface area is 92.9 Å². The predicted octanol–water partition coefficient (Wildman–Crippen LogP) is 3.88. The fourth-order valence-electron chi connectivity index (χ4n) is 3.42. The van der Waals surface area contributed by atoms with Gasteiger partial charge in [0.1, 0.15) is 6.29 Å². The Bertz CT molecular complexity index is 267. The summed E-state index contributed by atoms with van der Waals surface area (Å²) < 4.78 is 0. The molecule has 2 atom stereocenters. The summed E-state index contributed by atoms with van der Waals surface area (Å²) in [5, 5.41) is 0. The number of rotatable bonds is 3. The zero-order valence-electron chi connectivity index (χ0n) is 9.80. The number of carbonyl (C=O) groups excluding carboxylic acids is 1. The molecular weight excluding hydrogens is 184 g/mol. The molecule has 2 aliphatic rings. The summed E-state index contributed by atoms with van der Waals surface area (Å²) in [6.45, 7) is 2.43. The fraction of sp³-hybridized carbons (Fsp3) is 0.786. The van der Waals surface area contributed by atoms with Crippen molar-refractivity contribution >= 4 is 6.29 Å². The minimum absolute atomic E-state index is 0.644. The van der Waals surface area contributed by atoms with E-state index in [2.05, 4.69) is 13.0 Å². The summed E-state index contributed by atoms with van der Waals surface area (Å²) in [6.07, 6.45) is 13.4. The number of hydrogen-bond acceptors (Lipinski definition) is 1. The second-order valence-electron chi connectivity index (χ2n) is 5.43. The van der Waals surface area contributed by atoms with Crippen molar-refractivity contribution in [2.45, 2.75) is 58.3 Å². The molecule has 2 unspecified atom stereocenters. The number of allylic oxidation sites excluding steroid dienone is 2. The second kappa shape index (κ2) is 4.51. The monoisotopic (exact) mass is 206 g/mol. The molecule has 1 heteroatoms. The van der Waals surface area contributed by atoms with Crippen LogP contribution in [0.25, 0.3) is 0 Å². The van der Waals surface area contributed by atoms with Gasteiger partial charge in [-0.05, 0) is 43.4 Å². The molecule has 0 aromatic heterocycles. The molecular formula is C14H22O. The molecule has 1 spiro atoms. The molecule has 0 N–H and O–H groups in total. The molecule has 1 nitrogen and oxygen atoms in total. The van der Waals surface area contributed by atoms with E-state index in [0.29, 0.717) is 11.8 Å². The molecule has 0 aromatic rings. The van der Waals surface area contributed by atoms with E-state index < -0.39 is 0 Å². The molecule has 2 rings (SSSR count). The largest absolute Gasteiger partial charge is 0.303 e. The highest BCUT2D eigenvalue weighted by Gasteiger charge is 2.40.